The number of hydrogen-bond donors (Lipinski definition) is 1. The third kappa shape index (κ3) is 3.92. The van der Waals surface area contributed by atoms with Crippen LogP contribution >= 0.6 is 0 Å². The van der Waals surface area contributed by atoms with E-state index >= 15 is 0 Å². The van der Waals surface area contributed by atoms with Crippen molar-refractivity contribution in [2.75, 3.05) is 33.3 Å². The normalized spacial score (nSPS) is 22.9. The van der Waals surface area contributed by atoms with Crippen molar-refractivity contribution in [3.63, 3.8) is 0 Å². The molecular weight excluding hydrogens is 340 g/mol. The van der Waals surface area contributed by atoms with Gasteiger partial charge in [-0.05, 0) is 31.5 Å². The lowest BCUT2D eigenvalue weighted by Gasteiger charge is -2.41. The van der Waals surface area contributed by atoms with Crippen molar-refractivity contribution >= 4 is 5.97 Å². The molecule has 0 aliphatic carbocycles. The summed E-state index contributed by atoms with van der Waals surface area (Å²) >= 11 is 0. The monoisotopic (exact) mass is 368 g/mol. The van der Waals surface area contributed by atoms with E-state index in [1.165, 1.54) is 12.7 Å². The van der Waals surface area contributed by atoms with Crippen molar-refractivity contribution < 1.29 is 9.53 Å². The summed E-state index contributed by atoms with van der Waals surface area (Å²) in [5, 5.41) is 0. The predicted octanol–water partition coefficient (Wildman–Crippen LogP) is 2.30. The number of esters is 1. The van der Waals surface area contributed by atoms with Crippen LogP contribution in [0.4, 0.5) is 0 Å². The van der Waals surface area contributed by atoms with E-state index in [2.05, 4.69) is 44.0 Å². The van der Waals surface area contributed by atoms with E-state index in [-0.39, 0.29) is 17.3 Å². The van der Waals surface area contributed by atoms with Crippen LogP contribution in [0.3, 0.4) is 0 Å². The van der Waals surface area contributed by atoms with Crippen molar-refractivity contribution in [1.82, 2.24) is 19.8 Å². The maximum absolute atomic E-state index is 12.5. The molecule has 0 radical (unpaired) electrons. The molecule has 1 unspecified atom stereocenters. The first-order valence-electron chi connectivity index (χ1n) is 9.73. The lowest BCUT2D eigenvalue weighted by Crippen LogP contribution is -2.46. The Balaban J connectivity index is 1.43. The molecule has 3 heterocycles. The number of aromatic nitrogens is 2. The van der Waals surface area contributed by atoms with Crippen LogP contribution in [0.2, 0.25) is 0 Å². The fraction of sp³-hybridized carbons (Fsp3) is 0.524. The zero-order chi connectivity index (χ0) is 18.7. The van der Waals surface area contributed by atoms with E-state index in [1.54, 1.807) is 6.20 Å². The smallest absolute Gasteiger partial charge is 0.310 e. The third-order valence-electron chi connectivity index (χ3n) is 6.23. The number of benzene rings is 1. The number of imidazole rings is 1. The number of hydrogen-bond acceptors (Lipinski definition) is 5. The second-order valence-corrected chi connectivity index (χ2v) is 7.91. The Labute approximate surface area is 160 Å². The van der Waals surface area contributed by atoms with Crippen LogP contribution in [0.15, 0.2) is 42.7 Å². The molecule has 6 heteroatoms. The standard InChI is InChI=1S/C21H28N4O2/c1-27-20(26)18-14-25(13-17-5-3-2-4-6-17)16-21(18)7-11-24(12-8-21)15-19-22-9-10-23-19/h2-6,9-10,18H,7-8,11-16H2,1H3,(H,22,23). The van der Waals surface area contributed by atoms with Gasteiger partial charge in [0, 0.05) is 37.4 Å². The summed E-state index contributed by atoms with van der Waals surface area (Å²) in [5.74, 6) is 0.926. The number of carbonyl (C=O) groups excluding carboxylic acids is 1. The first kappa shape index (κ1) is 18.2. The summed E-state index contributed by atoms with van der Waals surface area (Å²) in [6.07, 6.45) is 5.72. The molecule has 0 saturated carbocycles. The van der Waals surface area contributed by atoms with Crippen LogP contribution in [0.1, 0.15) is 24.2 Å². The Morgan fingerprint density at radius 2 is 2.00 bits per heavy atom. The largest absolute Gasteiger partial charge is 0.469 e. The first-order chi connectivity index (χ1) is 13.2. The highest BCUT2D eigenvalue weighted by atomic mass is 16.5. The minimum atomic E-state index is -0.0509. The quantitative estimate of drug-likeness (QED) is 0.821. The van der Waals surface area contributed by atoms with Crippen molar-refractivity contribution in [2.24, 2.45) is 11.3 Å². The van der Waals surface area contributed by atoms with Crippen LogP contribution in [-0.4, -0.2) is 59.0 Å². The lowest BCUT2D eigenvalue weighted by molar-refractivity contribution is -0.149. The molecule has 1 atom stereocenters. The number of H-pyrrole nitrogens is 1. The molecule has 2 fully saturated rings. The second-order valence-electron chi connectivity index (χ2n) is 7.91. The van der Waals surface area contributed by atoms with Gasteiger partial charge in [0.1, 0.15) is 5.82 Å². The van der Waals surface area contributed by atoms with Gasteiger partial charge in [0.2, 0.25) is 0 Å². The maximum atomic E-state index is 12.5. The summed E-state index contributed by atoms with van der Waals surface area (Å²) in [6.45, 7) is 5.49. The summed E-state index contributed by atoms with van der Waals surface area (Å²) < 4.78 is 5.18. The Hall–Kier alpha value is -2.18. The van der Waals surface area contributed by atoms with Crippen LogP contribution < -0.4 is 0 Å². The van der Waals surface area contributed by atoms with Gasteiger partial charge in [-0.15, -0.1) is 0 Å². The highest BCUT2D eigenvalue weighted by Crippen LogP contribution is 2.45. The van der Waals surface area contributed by atoms with Gasteiger partial charge in [0.05, 0.1) is 19.6 Å². The molecule has 6 nitrogen and oxygen atoms in total. The SMILES string of the molecule is COC(=O)C1CN(Cc2ccccc2)CC12CCN(Cc1ncc[nH]1)CC2. The van der Waals surface area contributed by atoms with Gasteiger partial charge < -0.3 is 9.72 Å². The van der Waals surface area contributed by atoms with Gasteiger partial charge in [-0.1, -0.05) is 30.3 Å². The molecular formula is C21H28N4O2. The zero-order valence-corrected chi connectivity index (χ0v) is 15.9. The molecule has 2 aromatic rings. The van der Waals surface area contributed by atoms with Crippen LogP contribution in [0.5, 0.6) is 0 Å². The number of methoxy groups -OCH3 is 1. The van der Waals surface area contributed by atoms with E-state index < -0.39 is 0 Å². The number of nitrogens with one attached hydrogen (secondary N) is 1. The molecule has 1 spiro atoms. The third-order valence-corrected chi connectivity index (χ3v) is 6.23. The van der Waals surface area contributed by atoms with Gasteiger partial charge in [0.25, 0.3) is 0 Å². The van der Waals surface area contributed by atoms with Crippen LogP contribution in [0, 0.1) is 11.3 Å². The van der Waals surface area contributed by atoms with E-state index in [4.69, 9.17) is 4.74 Å². The summed E-state index contributed by atoms with van der Waals surface area (Å²) in [5.41, 5.74) is 1.33. The molecule has 4 rings (SSSR count). The molecule has 2 aliphatic rings. The Bertz CT molecular complexity index is 739. The van der Waals surface area contributed by atoms with E-state index in [0.717, 1.165) is 57.9 Å². The molecule has 1 aromatic heterocycles. The van der Waals surface area contributed by atoms with Gasteiger partial charge in [-0.2, -0.15) is 0 Å². The number of aromatic amines is 1. The number of likely N-dealkylation sites (tertiary alicyclic amines) is 2. The zero-order valence-electron chi connectivity index (χ0n) is 15.9. The molecule has 1 N–H and O–H groups in total. The predicted molar refractivity (Wildman–Crippen MR) is 103 cm³/mol. The van der Waals surface area contributed by atoms with Gasteiger partial charge in [-0.3, -0.25) is 14.6 Å². The summed E-state index contributed by atoms with van der Waals surface area (Å²) in [4.78, 5) is 24.9. The molecule has 144 valence electrons. The minimum absolute atomic E-state index is 0.0293. The Morgan fingerprint density at radius 3 is 2.67 bits per heavy atom. The fourth-order valence-electron chi connectivity index (χ4n) is 4.76. The number of piperidine rings is 1. The highest BCUT2D eigenvalue weighted by Gasteiger charge is 2.51. The molecule has 0 amide bonds. The first-order valence-corrected chi connectivity index (χ1v) is 9.73. The number of ether oxygens (including phenoxy) is 1. The lowest BCUT2D eigenvalue weighted by atomic mass is 9.71. The van der Waals surface area contributed by atoms with E-state index in [1.807, 2.05) is 12.3 Å². The average Bonchev–Trinajstić information content (AvgIpc) is 3.32. The van der Waals surface area contributed by atoms with Crippen LogP contribution in [0.25, 0.3) is 0 Å². The number of nitrogens with zero attached hydrogens (tertiary/aromatic N) is 3. The fourth-order valence-corrected chi connectivity index (χ4v) is 4.76. The molecule has 2 aliphatic heterocycles. The molecule has 0 bridgehead atoms. The maximum Gasteiger partial charge on any atom is 0.310 e. The Morgan fingerprint density at radius 1 is 1.22 bits per heavy atom. The van der Waals surface area contributed by atoms with Gasteiger partial charge in [0.15, 0.2) is 0 Å². The molecule has 27 heavy (non-hydrogen) atoms. The molecule has 2 saturated heterocycles. The van der Waals surface area contributed by atoms with Crippen molar-refractivity contribution in [1.29, 1.82) is 0 Å². The topological polar surface area (TPSA) is 61.5 Å². The second kappa shape index (κ2) is 7.82. The molecule has 1 aromatic carbocycles. The van der Waals surface area contributed by atoms with Gasteiger partial charge >= 0.3 is 5.97 Å². The van der Waals surface area contributed by atoms with E-state index in [0.29, 0.717) is 0 Å². The van der Waals surface area contributed by atoms with Crippen molar-refractivity contribution in [3.05, 3.63) is 54.1 Å². The number of rotatable bonds is 5. The van der Waals surface area contributed by atoms with Crippen molar-refractivity contribution in [3.8, 4) is 0 Å². The van der Waals surface area contributed by atoms with Gasteiger partial charge in [-0.25, -0.2) is 4.98 Å². The van der Waals surface area contributed by atoms with Crippen molar-refractivity contribution in [2.45, 2.75) is 25.9 Å². The number of carbonyl (C=O) groups is 1. The summed E-state index contributed by atoms with van der Waals surface area (Å²) in [7, 11) is 1.52. The Kier molecular flexibility index (Phi) is 5.27. The highest BCUT2D eigenvalue weighted by molar-refractivity contribution is 5.74. The average molecular weight is 368 g/mol. The summed E-state index contributed by atoms with van der Waals surface area (Å²) in [6, 6.07) is 10.5. The van der Waals surface area contributed by atoms with Crippen LogP contribution in [-0.2, 0) is 22.6 Å². The van der Waals surface area contributed by atoms with E-state index in [9.17, 15) is 4.79 Å². The minimum Gasteiger partial charge on any atom is -0.469 e.